The zero-order valence-electron chi connectivity index (χ0n) is 12.1. The summed E-state index contributed by atoms with van der Waals surface area (Å²) in [7, 11) is 1.89. The molecule has 1 aromatic heterocycles. The van der Waals surface area contributed by atoms with E-state index in [4.69, 9.17) is 0 Å². The van der Waals surface area contributed by atoms with Crippen molar-refractivity contribution in [3.63, 3.8) is 0 Å². The standard InChI is InChI=1S/C15H20N4O.ClH/c1-19(11-5-4-9-16-10-8-11)15(20)14-12-6-2-3-7-13(12)17-18-14;/h2-3,6-7,11,16H,4-5,8-10H2,1H3,(H,17,18);1H. The van der Waals surface area contributed by atoms with Crippen LogP contribution in [0.1, 0.15) is 29.8 Å². The van der Waals surface area contributed by atoms with Gasteiger partial charge in [0.1, 0.15) is 0 Å². The van der Waals surface area contributed by atoms with Crippen molar-refractivity contribution in [2.24, 2.45) is 0 Å². The van der Waals surface area contributed by atoms with Crippen LogP contribution in [0.2, 0.25) is 0 Å². The van der Waals surface area contributed by atoms with Crippen LogP contribution in [0, 0.1) is 0 Å². The molecule has 2 heterocycles. The molecule has 0 saturated carbocycles. The fraction of sp³-hybridized carbons (Fsp3) is 0.467. The van der Waals surface area contributed by atoms with Gasteiger partial charge in [0.05, 0.1) is 5.52 Å². The maximum absolute atomic E-state index is 12.7. The molecule has 1 fully saturated rings. The highest BCUT2D eigenvalue weighted by Gasteiger charge is 2.24. The summed E-state index contributed by atoms with van der Waals surface area (Å²) < 4.78 is 0. The van der Waals surface area contributed by atoms with Crippen LogP contribution in [0.25, 0.3) is 10.9 Å². The van der Waals surface area contributed by atoms with Gasteiger partial charge in [-0.15, -0.1) is 12.4 Å². The summed E-state index contributed by atoms with van der Waals surface area (Å²) in [4.78, 5) is 14.5. The Labute approximate surface area is 130 Å². The monoisotopic (exact) mass is 308 g/mol. The lowest BCUT2D eigenvalue weighted by atomic mass is 10.1. The molecule has 1 saturated heterocycles. The number of amides is 1. The van der Waals surface area contributed by atoms with Gasteiger partial charge in [-0.2, -0.15) is 5.10 Å². The van der Waals surface area contributed by atoms with Crippen LogP contribution in [0.4, 0.5) is 0 Å². The summed E-state index contributed by atoms with van der Waals surface area (Å²) in [5.74, 6) is 0.00866. The molecule has 0 aliphatic carbocycles. The second-order valence-corrected chi connectivity index (χ2v) is 5.37. The third-order valence-corrected chi connectivity index (χ3v) is 4.09. The fourth-order valence-electron chi connectivity index (χ4n) is 2.85. The number of rotatable bonds is 2. The molecule has 1 aliphatic rings. The summed E-state index contributed by atoms with van der Waals surface area (Å²) in [5.41, 5.74) is 1.44. The molecule has 21 heavy (non-hydrogen) atoms. The lowest BCUT2D eigenvalue weighted by Gasteiger charge is -2.26. The Morgan fingerprint density at radius 3 is 2.95 bits per heavy atom. The van der Waals surface area contributed by atoms with E-state index in [0.29, 0.717) is 11.7 Å². The summed E-state index contributed by atoms with van der Waals surface area (Å²) in [6.07, 6.45) is 3.17. The smallest absolute Gasteiger partial charge is 0.274 e. The SMILES string of the molecule is CN(C(=O)c1n[nH]c2ccccc12)C1CCCNCC1.Cl. The maximum atomic E-state index is 12.7. The lowest BCUT2D eigenvalue weighted by molar-refractivity contribution is 0.0716. The minimum atomic E-state index is 0. The van der Waals surface area contributed by atoms with Crippen molar-refractivity contribution in [1.82, 2.24) is 20.4 Å². The van der Waals surface area contributed by atoms with Gasteiger partial charge >= 0.3 is 0 Å². The maximum Gasteiger partial charge on any atom is 0.274 e. The number of carbonyl (C=O) groups excluding carboxylic acids is 1. The van der Waals surface area contributed by atoms with Crippen LogP contribution < -0.4 is 5.32 Å². The predicted molar refractivity (Wildman–Crippen MR) is 85.9 cm³/mol. The van der Waals surface area contributed by atoms with Gasteiger partial charge in [0.2, 0.25) is 0 Å². The number of aromatic amines is 1. The second-order valence-electron chi connectivity index (χ2n) is 5.37. The van der Waals surface area contributed by atoms with Crippen molar-refractivity contribution in [1.29, 1.82) is 0 Å². The van der Waals surface area contributed by atoms with Crippen LogP contribution in [-0.2, 0) is 0 Å². The Morgan fingerprint density at radius 1 is 1.29 bits per heavy atom. The van der Waals surface area contributed by atoms with Gasteiger partial charge in [-0.05, 0) is 38.4 Å². The molecule has 1 aromatic carbocycles. The van der Waals surface area contributed by atoms with E-state index < -0.39 is 0 Å². The number of hydrogen-bond donors (Lipinski definition) is 2. The highest BCUT2D eigenvalue weighted by atomic mass is 35.5. The first-order chi connectivity index (χ1) is 9.77. The predicted octanol–water partition coefficient (Wildman–Crippen LogP) is 2.20. The number of para-hydroxylation sites is 1. The molecule has 5 nitrogen and oxygen atoms in total. The van der Waals surface area contributed by atoms with Gasteiger partial charge in [0.25, 0.3) is 5.91 Å². The first kappa shape index (κ1) is 15.8. The number of carbonyl (C=O) groups is 1. The van der Waals surface area contributed by atoms with E-state index >= 15 is 0 Å². The Hall–Kier alpha value is -1.59. The quantitative estimate of drug-likeness (QED) is 0.894. The average molecular weight is 309 g/mol. The number of hydrogen-bond acceptors (Lipinski definition) is 3. The van der Waals surface area contributed by atoms with Crippen molar-refractivity contribution >= 4 is 29.2 Å². The molecule has 0 spiro atoms. The van der Waals surface area contributed by atoms with Gasteiger partial charge in [-0.1, -0.05) is 18.2 Å². The van der Waals surface area contributed by atoms with E-state index in [2.05, 4.69) is 15.5 Å². The Morgan fingerprint density at radius 2 is 2.10 bits per heavy atom. The van der Waals surface area contributed by atoms with Crippen molar-refractivity contribution in [3.8, 4) is 0 Å². The van der Waals surface area contributed by atoms with Crippen molar-refractivity contribution in [3.05, 3.63) is 30.0 Å². The topological polar surface area (TPSA) is 61.0 Å². The van der Waals surface area contributed by atoms with Gasteiger partial charge in [-0.3, -0.25) is 9.89 Å². The molecule has 114 valence electrons. The van der Waals surface area contributed by atoms with Crippen LogP contribution in [0.15, 0.2) is 24.3 Å². The Balaban J connectivity index is 0.00000161. The van der Waals surface area contributed by atoms with Crippen LogP contribution >= 0.6 is 12.4 Å². The van der Waals surface area contributed by atoms with E-state index in [1.165, 1.54) is 0 Å². The number of nitrogens with zero attached hydrogens (tertiary/aromatic N) is 2. The van der Waals surface area contributed by atoms with E-state index in [9.17, 15) is 4.79 Å². The second kappa shape index (κ2) is 6.91. The zero-order chi connectivity index (χ0) is 13.9. The molecule has 1 amide bonds. The summed E-state index contributed by atoms with van der Waals surface area (Å²) in [6, 6.07) is 8.05. The number of nitrogens with one attached hydrogen (secondary N) is 2. The van der Waals surface area contributed by atoms with E-state index in [-0.39, 0.29) is 18.3 Å². The molecular weight excluding hydrogens is 288 g/mol. The molecule has 0 bridgehead atoms. The van der Waals surface area contributed by atoms with Crippen LogP contribution in [0.3, 0.4) is 0 Å². The summed E-state index contributed by atoms with van der Waals surface area (Å²) >= 11 is 0. The zero-order valence-corrected chi connectivity index (χ0v) is 12.9. The normalized spacial score (nSPS) is 18.8. The molecular formula is C15H21ClN4O. The van der Waals surface area contributed by atoms with E-state index in [1.807, 2.05) is 36.2 Å². The Bertz CT molecular complexity index is 604. The number of halogens is 1. The number of H-pyrrole nitrogens is 1. The molecule has 6 heteroatoms. The van der Waals surface area contributed by atoms with Crippen molar-refractivity contribution in [2.45, 2.75) is 25.3 Å². The summed E-state index contributed by atoms with van der Waals surface area (Å²) in [5, 5.41) is 11.4. The third-order valence-electron chi connectivity index (χ3n) is 4.09. The van der Waals surface area contributed by atoms with Gasteiger partial charge in [0.15, 0.2) is 5.69 Å². The highest BCUT2D eigenvalue weighted by Crippen LogP contribution is 2.19. The van der Waals surface area contributed by atoms with Gasteiger partial charge < -0.3 is 10.2 Å². The highest BCUT2D eigenvalue weighted by molar-refractivity contribution is 6.04. The molecule has 0 radical (unpaired) electrons. The molecule has 3 rings (SSSR count). The Kier molecular flexibility index (Phi) is 5.20. The van der Waals surface area contributed by atoms with Gasteiger partial charge in [0, 0.05) is 18.5 Å². The first-order valence-corrected chi connectivity index (χ1v) is 7.18. The van der Waals surface area contributed by atoms with Crippen molar-refractivity contribution in [2.75, 3.05) is 20.1 Å². The minimum absolute atomic E-state index is 0. The third kappa shape index (κ3) is 3.19. The van der Waals surface area contributed by atoms with Crippen LogP contribution in [0.5, 0.6) is 0 Å². The molecule has 2 N–H and O–H groups in total. The van der Waals surface area contributed by atoms with Crippen molar-refractivity contribution < 1.29 is 4.79 Å². The first-order valence-electron chi connectivity index (χ1n) is 7.18. The fourth-order valence-corrected chi connectivity index (χ4v) is 2.85. The van der Waals surface area contributed by atoms with Crippen LogP contribution in [-0.4, -0.2) is 47.2 Å². The largest absolute Gasteiger partial charge is 0.337 e. The summed E-state index contributed by atoms with van der Waals surface area (Å²) in [6.45, 7) is 2.02. The van der Waals surface area contributed by atoms with E-state index in [1.54, 1.807) is 0 Å². The van der Waals surface area contributed by atoms with E-state index in [0.717, 1.165) is 43.3 Å². The average Bonchev–Trinajstić information content (AvgIpc) is 2.72. The number of aromatic nitrogens is 2. The molecule has 1 aliphatic heterocycles. The number of fused-ring (bicyclic) bond motifs is 1. The molecule has 1 atom stereocenters. The molecule has 2 aromatic rings. The lowest BCUT2D eigenvalue weighted by Crippen LogP contribution is -2.37. The minimum Gasteiger partial charge on any atom is -0.337 e. The number of benzene rings is 1. The van der Waals surface area contributed by atoms with Gasteiger partial charge in [-0.25, -0.2) is 0 Å². The molecule has 1 unspecified atom stereocenters.